The van der Waals surface area contributed by atoms with Crippen LogP contribution in [0.3, 0.4) is 0 Å². The second-order valence-electron chi connectivity index (χ2n) is 5.02. The maximum atomic E-state index is 11.7. The zero-order chi connectivity index (χ0) is 13.1. The average molecular weight is 273 g/mol. The predicted molar refractivity (Wildman–Crippen MR) is 73.1 cm³/mol. The van der Waals surface area contributed by atoms with Gasteiger partial charge in [-0.25, -0.2) is 13.4 Å². The van der Waals surface area contributed by atoms with Crippen molar-refractivity contribution < 1.29 is 8.42 Å². The number of hydrogen-bond acceptors (Lipinski definition) is 4. The van der Waals surface area contributed by atoms with E-state index in [0.717, 1.165) is 5.01 Å². The Bertz CT molecular complexity index is 493. The summed E-state index contributed by atoms with van der Waals surface area (Å²) in [6, 6.07) is 0. The van der Waals surface area contributed by atoms with Crippen LogP contribution in [0.25, 0.3) is 0 Å². The Morgan fingerprint density at radius 2 is 2.06 bits per heavy atom. The van der Waals surface area contributed by atoms with Gasteiger partial charge in [0.05, 0.1) is 22.2 Å². The van der Waals surface area contributed by atoms with Gasteiger partial charge in [0, 0.05) is 10.8 Å². The van der Waals surface area contributed by atoms with Crippen molar-refractivity contribution in [3.8, 4) is 0 Å². The summed E-state index contributed by atoms with van der Waals surface area (Å²) in [5, 5.41) is 2.82. The number of allylic oxidation sites excluding steroid dienone is 1. The fourth-order valence-electron chi connectivity index (χ4n) is 1.24. The highest BCUT2D eigenvalue weighted by atomic mass is 32.2. The second kappa shape index (κ2) is 5.31. The summed E-state index contributed by atoms with van der Waals surface area (Å²) in [7, 11) is -3.07. The minimum Gasteiger partial charge on any atom is -0.245 e. The molecule has 0 aliphatic rings. The van der Waals surface area contributed by atoms with Gasteiger partial charge in [0.2, 0.25) is 0 Å². The van der Waals surface area contributed by atoms with E-state index in [9.17, 15) is 8.42 Å². The molecule has 0 saturated carbocycles. The lowest BCUT2D eigenvalue weighted by molar-refractivity contribution is 0.581. The monoisotopic (exact) mass is 273 g/mol. The van der Waals surface area contributed by atoms with E-state index in [2.05, 4.69) is 25.8 Å². The van der Waals surface area contributed by atoms with Crippen LogP contribution >= 0.6 is 11.3 Å². The van der Waals surface area contributed by atoms with Gasteiger partial charge in [-0.1, -0.05) is 32.9 Å². The number of sulfone groups is 1. The highest BCUT2D eigenvalue weighted by Gasteiger charge is 2.20. The summed E-state index contributed by atoms with van der Waals surface area (Å²) in [6.07, 6.45) is 3.41. The molecule has 1 heterocycles. The van der Waals surface area contributed by atoms with Crippen molar-refractivity contribution in [2.45, 2.75) is 38.9 Å². The van der Waals surface area contributed by atoms with Crippen molar-refractivity contribution in [2.24, 2.45) is 0 Å². The minimum atomic E-state index is -3.07. The summed E-state index contributed by atoms with van der Waals surface area (Å²) in [4.78, 5) is 4.39. The molecule has 0 saturated heterocycles. The fourth-order valence-corrected chi connectivity index (χ4v) is 3.46. The largest absolute Gasteiger partial charge is 0.245 e. The third kappa shape index (κ3) is 4.60. The van der Waals surface area contributed by atoms with Crippen LogP contribution in [-0.2, 0) is 21.0 Å². The van der Waals surface area contributed by atoms with Gasteiger partial charge >= 0.3 is 0 Å². The zero-order valence-corrected chi connectivity index (χ0v) is 12.4. The maximum absolute atomic E-state index is 11.7. The summed E-state index contributed by atoms with van der Waals surface area (Å²) in [5.74, 6) is 0.121. The Morgan fingerprint density at radius 3 is 2.53 bits per heavy atom. The molecule has 5 heteroatoms. The van der Waals surface area contributed by atoms with Gasteiger partial charge in [0.25, 0.3) is 0 Å². The van der Waals surface area contributed by atoms with E-state index >= 15 is 0 Å². The van der Waals surface area contributed by atoms with Gasteiger partial charge in [0.1, 0.15) is 0 Å². The molecule has 0 bridgehead atoms. The highest BCUT2D eigenvalue weighted by molar-refractivity contribution is 7.90. The fraction of sp³-hybridized carbons (Fsp3) is 0.583. The minimum absolute atomic E-state index is 0.0179. The molecule has 0 fully saturated rings. The lowest BCUT2D eigenvalue weighted by Gasteiger charge is -2.13. The maximum Gasteiger partial charge on any atom is 0.159 e. The summed E-state index contributed by atoms with van der Waals surface area (Å²) < 4.78 is 23.5. The molecule has 3 nitrogen and oxygen atoms in total. The Hall–Kier alpha value is -0.680. The van der Waals surface area contributed by atoms with Crippen LogP contribution in [0.4, 0.5) is 0 Å². The van der Waals surface area contributed by atoms with Crippen molar-refractivity contribution >= 4 is 21.2 Å². The number of hydrogen-bond donors (Lipinski definition) is 0. The van der Waals surface area contributed by atoms with Gasteiger partial charge in [0.15, 0.2) is 9.84 Å². The smallest absolute Gasteiger partial charge is 0.159 e. The third-order valence-corrected chi connectivity index (χ3v) is 4.90. The molecule has 0 aliphatic heterocycles. The molecule has 0 radical (unpaired) electrons. The van der Waals surface area contributed by atoms with Gasteiger partial charge < -0.3 is 0 Å². The van der Waals surface area contributed by atoms with E-state index in [0.29, 0.717) is 5.69 Å². The zero-order valence-electron chi connectivity index (χ0n) is 10.7. The number of nitrogens with zero attached hydrogens (tertiary/aromatic N) is 1. The van der Waals surface area contributed by atoms with Crippen molar-refractivity contribution in [2.75, 3.05) is 5.75 Å². The molecule has 0 atom stereocenters. The van der Waals surface area contributed by atoms with Gasteiger partial charge in [-0.15, -0.1) is 11.3 Å². The molecule has 0 unspecified atom stereocenters. The van der Waals surface area contributed by atoms with Crippen LogP contribution in [-0.4, -0.2) is 19.2 Å². The molecular weight excluding hydrogens is 254 g/mol. The van der Waals surface area contributed by atoms with Crippen molar-refractivity contribution in [1.82, 2.24) is 4.98 Å². The summed E-state index contributed by atoms with van der Waals surface area (Å²) >= 11 is 1.53. The Kier molecular flexibility index (Phi) is 4.49. The van der Waals surface area contributed by atoms with E-state index < -0.39 is 9.84 Å². The van der Waals surface area contributed by atoms with E-state index in [-0.39, 0.29) is 16.9 Å². The van der Waals surface area contributed by atoms with Gasteiger partial charge in [-0.2, -0.15) is 0 Å². The quantitative estimate of drug-likeness (QED) is 0.792. The molecular formula is C12H19NO2S2. The topological polar surface area (TPSA) is 47.0 Å². The normalized spacial score (nSPS) is 13.4. The molecule has 0 amide bonds. The third-order valence-electron chi connectivity index (χ3n) is 2.15. The van der Waals surface area contributed by atoms with Crippen LogP contribution in [0.1, 0.15) is 38.4 Å². The first-order chi connectivity index (χ1) is 7.74. The van der Waals surface area contributed by atoms with Crippen LogP contribution in [0.5, 0.6) is 0 Å². The van der Waals surface area contributed by atoms with E-state index in [1.807, 2.05) is 12.3 Å². The van der Waals surface area contributed by atoms with Crippen molar-refractivity contribution in [3.63, 3.8) is 0 Å². The number of rotatable bonds is 4. The SMILES string of the molecule is CC=CCS(=O)(=O)Cc1csc(C(C)(C)C)n1. The molecule has 1 rings (SSSR count). The van der Waals surface area contributed by atoms with Gasteiger partial charge in [-0.3, -0.25) is 0 Å². The lowest BCUT2D eigenvalue weighted by atomic mass is 9.98. The standard InChI is InChI=1S/C12H19NO2S2/c1-5-6-7-17(14,15)9-10-8-16-11(13-10)12(2,3)4/h5-6,8H,7,9H2,1-4H3. The summed E-state index contributed by atoms with van der Waals surface area (Å²) in [5.41, 5.74) is 0.639. The molecule has 0 N–H and O–H groups in total. The molecule has 0 spiro atoms. The lowest BCUT2D eigenvalue weighted by Crippen LogP contribution is -2.12. The molecule has 17 heavy (non-hydrogen) atoms. The van der Waals surface area contributed by atoms with E-state index in [1.54, 1.807) is 12.2 Å². The van der Waals surface area contributed by atoms with Crippen molar-refractivity contribution in [3.05, 3.63) is 28.2 Å². The molecule has 96 valence electrons. The predicted octanol–water partition coefficient (Wildman–Crippen LogP) is 2.93. The van der Waals surface area contributed by atoms with Gasteiger partial charge in [-0.05, 0) is 6.92 Å². The average Bonchev–Trinajstić information content (AvgIpc) is 2.62. The Morgan fingerprint density at radius 1 is 1.41 bits per heavy atom. The Labute approximate surface area is 108 Å². The van der Waals surface area contributed by atoms with Crippen LogP contribution in [0.15, 0.2) is 17.5 Å². The van der Waals surface area contributed by atoms with Crippen molar-refractivity contribution in [1.29, 1.82) is 0 Å². The highest BCUT2D eigenvalue weighted by Crippen LogP contribution is 2.26. The van der Waals surface area contributed by atoms with Crippen LogP contribution in [0.2, 0.25) is 0 Å². The van der Waals surface area contributed by atoms with Crippen LogP contribution < -0.4 is 0 Å². The van der Waals surface area contributed by atoms with E-state index in [4.69, 9.17) is 0 Å². The number of thiazole rings is 1. The second-order valence-corrected chi connectivity index (χ2v) is 7.98. The molecule has 0 aliphatic carbocycles. The first kappa shape index (κ1) is 14.4. The molecule has 1 aromatic heterocycles. The summed E-state index contributed by atoms with van der Waals surface area (Å²) in [6.45, 7) is 8.04. The first-order valence-corrected chi connectivity index (χ1v) is 8.21. The van der Waals surface area contributed by atoms with E-state index in [1.165, 1.54) is 11.3 Å². The first-order valence-electron chi connectivity index (χ1n) is 5.51. The molecule has 1 aromatic rings. The molecule has 0 aromatic carbocycles. The number of aromatic nitrogens is 1. The van der Waals surface area contributed by atoms with Crippen LogP contribution in [0, 0.1) is 0 Å². The Balaban J connectivity index is 2.80.